The zero-order valence-corrected chi connectivity index (χ0v) is 15.6. The Morgan fingerprint density at radius 3 is 2.56 bits per heavy atom. The predicted octanol–water partition coefficient (Wildman–Crippen LogP) is 3.29. The highest BCUT2D eigenvalue weighted by Gasteiger charge is 2.22. The summed E-state index contributed by atoms with van der Waals surface area (Å²) in [6.45, 7) is 3.96. The molecule has 3 aromatic rings. The first-order valence-corrected chi connectivity index (χ1v) is 8.66. The van der Waals surface area contributed by atoms with E-state index in [0.717, 1.165) is 16.8 Å². The summed E-state index contributed by atoms with van der Waals surface area (Å²) in [6.07, 6.45) is 2.13. The van der Waals surface area contributed by atoms with Gasteiger partial charge in [0.05, 0.1) is 17.1 Å². The first-order chi connectivity index (χ1) is 12.9. The maximum Gasteiger partial charge on any atom is 0.251 e. The Labute approximate surface area is 158 Å². The molecule has 1 heterocycles. The minimum absolute atomic E-state index is 0.153. The number of rotatable bonds is 5. The molecular formula is C21H21N5O. The van der Waals surface area contributed by atoms with Gasteiger partial charge in [-0.1, -0.05) is 12.1 Å². The summed E-state index contributed by atoms with van der Waals surface area (Å²) in [4.78, 5) is 21.2. The average molecular weight is 359 g/mol. The second-order valence-electron chi connectivity index (χ2n) is 7.03. The zero-order valence-electron chi connectivity index (χ0n) is 15.6. The van der Waals surface area contributed by atoms with E-state index in [-0.39, 0.29) is 5.91 Å². The molecule has 0 unspecified atom stereocenters. The molecule has 0 saturated heterocycles. The molecule has 0 aliphatic heterocycles. The summed E-state index contributed by atoms with van der Waals surface area (Å²) in [7, 11) is 1.80. The number of amides is 1. The van der Waals surface area contributed by atoms with Crippen molar-refractivity contribution >= 4 is 22.6 Å². The molecule has 0 saturated carbocycles. The zero-order chi connectivity index (χ0) is 19.4. The first-order valence-electron chi connectivity index (χ1n) is 8.66. The normalized spacial score (nSPS) is 11.0. The molecule has 0 radical (unpaired) electrons. The van der Waals surface area contributed by atoms with Gasteiger partial charge in [-0.15, -0.1) is 0 Å². The summed E-state index contributed by atoms with van der Waals surface area (Å²) >= 11 is 0. The molecule has 0 atom stereocenters. The Morgan fingerprint density at radius 2 is 1.89 bits per heavy atom. The van der Waals surface area contributed by atoms with Gasteiger partial charge in [-0.3, -0.25) is 4.79 Å². The summed E-state index contributed by atoms with van der Waals surface area (Å²) in [5.74, 6) is 0.577. The van der Waals surface area contributed by atoms with Crippen molar-refractivity contribution in [1.29, 1.82) is 5.26 Å². The lowest BCUT2D eigenvalue weighted by atomic mass is 9.94. The lowest BCUT2D eigenvalue weighted by Crippen LogP contribution is -2.45. The van der Waals surface area contributed by atoms with Crippen LogP contribution in [0.1, 0.15) is 35.3 Å². The molecule has 6 nitrogen and oxygen atoms in total. The van der Waals surface area contributed by atoms with E-state index in [0.29, 0.717) is 23.1 Å². The number of anilines is 1. The van der Waals surface area contributed by atoms with Gasteiger partial charge >= 0.3 is 0 Å². The highest BCUT2D eigenvalue weighted by Crippen LogP contribution is 2.21. The van der Waals surface area contributed by atoms with Crippen molar-refractivity contribution in [2.75, 3.05) is 12.4 Å². The van der Waals surface area contributed by atoms with Crippen LogP contribution in [0.3, 0.4) is 0 Å². The van der Waals surface area contributed by atoms with E-state index >= 15 is 0 Å². The Bertz CT molecular complexity index is 1020. The summed E-state index contributed by atoms with van der Waals surface area (Å²) in [5, 5.41) is 15.9. The number of nitrogens with one attached hydrogen (secondary N) is 2. The van der Waals surface area contributed by atoms with Crippen LogP contribution in [0, 0.1) is 11.3 Å². The third-order valence-corrected chi connectivity index (χ3v) is 4.32. The molecule has 3 rings (SSSR count). The Kier molecular flexibility index (Phi) is 5.04. The molecule has 1 aromatic heterocycles. The van der Waals surface area contributed by atoms with Gasteiger partial charge in [-0.25, -0.2) is 9.97 Å². The molecule has 136 valence electrons. The van der Waals surface area contributed by atoms with Crippen LogP contribution in [-0.2, 0) is 6.42 Å². The van der Waals surface area contributed by atoms with E-state index in [1.165, 1.54) is 6.33 Å². The lowest BCUT2D eigenvalue weighted by Gasteiger charge is -2.26. The van der Waals surface area contributed by atoms with Crippen LogP contribution < -0.4 is 10.6 Å². The number of aromatic nitrogens is 2. The van der Waals surface area contributed by atoms with Gasteiger partial charge in [0.1, 0.15) is 12.1 Å². The number of hydrogen-bond acceptors (Lipinski definition) is 5. The van der Waals surface area contributed by atoms with Gasteiger partial charge in [0, 0.05) is 23.5 Å². The molecule has 0 aliphatic rings. The number of carbonyl (C=O) groups excluding carboxylic acids is 1. The number of benzene rings is 2. The number of nitriles is 1. The Hall–Kier alpha value is -3.46. The van der Waals surface area contributed by atoms with Crippen LogP contribution in [0.5, 0.6) is 0 Å². The van der Waals surface area contributed by atoms with E-state index in [1.54, 1.807) is 31.3 Å². The van der Waals surface area contributed by atoms with Crippen LogP contribution in [-0.4, -0.2) is 28.5 Å². The van der Waals surface area contributed by atoms with Gasteiger partial charge in [-0.05, 0) is 56.2 Å². The van der Waals surface area contributed by atoms with E-state index in [9.17, 15) is 4.79 Å². The molecule has 0 aliphatic carbocycles. The number of fused-ring (bicyclic) bond motifs is 1. The third-order valence-electron chi connectivity index (χ3n) is 4.32. The molecule has 27 heavy (non-hydrogen) atoms. The van der Waals surface area contributed by atoms with Gasteiger partial charge in [-0.2, -0.15) is 5.26 Å². The first kappa shape index (κ1) is 18.3. The number of nitrogens with zero attached hydrogens (tertiary/aromatic N) is 3. The molecular weight excluding hydrogens is 338 g/mol. The summed E-state index contributed by atoms with van der Waals surface area (Å²) in [5.41, 5.74) is 2.51. The molecule has 0 fully saturated rings. The fourth-order valence-corrected chi connectivity index (χ4v) is 3.03. The average Bonchev–Trinajstić information content (AvgIpc) is 2.66. The third kappa shape index (κ3) is 4.21. The van der Waals surface area contributed by atoms with Crippen molar-refractivity contribution in [1.82, 2.24) is 15.3 Å². The van der Waals surface area contributed by atoms with Crippen LogP contribution >= 0.6 is 0 Å². The Balaban J connectivity index is 1.77. The van der Waals surface area contributed by atoms with E-state index in [2.05, 4.69) is 26.7 Å². The van der Waals surface area contributed by atoms with Crippen LogP contribution in [0.4, 0.5) is 5.82 Å². The lowest BCUT2D eigenvalue weighted by molar-refractivity contribution is 0.0913. The molecule has 2 N–H and O–H groups in total. The minimum atomic E-state index is -0.442. The van der Waals surface area contributed by atoms with Gasteiger partial charge in [0.2, 0.25) is 0 Å². The smallest absolute Gasteiger partial charge is 0.251 e. The standard InChI is InChI=1S/C21H21N5O/c1-21(2,11-14-4-6-15(12-22)7-5-14)26-20(27)16-8-9-17-18(10-16)24-13-25-19(17)23-3/h4-10,13H,11H2,1-3H3,(H,26,27)(H,23,24,25). The van der Waals surface area contributed by atoms with Crippen molar-refractivity contribution < 1.29 is 4.79 Å². The molecule has 6 heteroatoms. The van der Waals surface area contributed by atoms with Gasteiger partial charge in [0.25, 0.3) is 5.91 Å². The SMILES string of the molecule is CNc1ncnc2cc(C(=O)NC(C)(C)Cc3ccc(C#N)cc3)ccc12. The van der Waals surface area contributed by atoms with E-state index in [1.807, 2.05) is 32.0 Å². The van der Waals surface area contributed by atoms with Crippen LogP contribution in [0.25, 0.3) is 10.9 Å². The molecule has 1 amide bonds. The number of carbonyl (C=O) groups is 1. The second kappa shape index (κ2) is 7.42. The largest absolute Gasteiger partial charge is 0.373 e. The molecule has 2 aromatic carbocycles. The minimum Gasteiger partial charge on any atom is -0.373 e. The van der Waals surface area contributed by atoms with Crippen molar-refractivity contribution in [2.45, 2.75) is 25.8 Å². The molecule has 0 spiro atoms. The van der Waals surface area contributed by atoms with Crippen molar-refractivity contribution in [3.05, 3.63) is 65.5 Å². The van der Waals surface area contributed by atoms with E-state index < -0.39 is 5.54 Å². The maximum atomic E-state index is 12.7. The summed E-state index contributed by atoms with van der Waals surface area (Å²) < 4.78 is 0. The quantitative estimate of drug-likeness (QED) is 0.729. The van der Waals surface area contributed by atoms with Crippen LogP contribution in [0.15, 0.2) is 48.8 Å². The predicted molar refractivity (Wildman–Crippen MR) is 105 cm³/mol. The van der Waals surface area contributed by atoms with Crippen molar-refractivity contribution in [3.63, 3.8) is 0 Å². The fraction of sp³-hybridized carbons (Fsp3) is 0.238. The maximum absolute atomic E-state index is 12.7. The summed E-state index contributed by atoms with van der Waals surface area (Å²) in [6, 6.07) is 14.9. The van der Waals surface area contributed by atoms with Crippen LogP contribution in [0.2, 0.25) is 0 Å². The number of hydrogen-bond donors (Lipinski definition) is 2. The Morgan fingerprint density at radius 1 is 1.15 bits per heavy atom. The fourth-order valence-electron chi connectivity index (χ4n) is 3.03. The van der Waals surface area contributed by atoms with Crippen molar-refractivity contribution in [3.8, 4) is 6.07 Å². The van der Waals surface area contributed by atoms with Crippen molar-refractivity contribution in [2.24, 2.45) is 0 Å². The van der Waals surface area contributed by atoms with Gasteiger partial charge < -0.3 is 10.6 Å². The second-order valence-corrected chi connectivity index (χ2v) is 7.03. The van der Waals surface area contributed by atoms with Gasteiger partial charge in [0.15, 0.2) is 0 Å². The molecule has 0 bridgehead atoms. The highest BCUT2D eigenvalue weighted by atomic mass is 16.1. The van der Waals surface area contributed by atoms with E-state index in [4.69, 9.17) is 5.26 Å². The monoisotopic (exact) mass is 359 g/mol. The highest BCUT2D eigenvalue weighted by molar-refractivity contribution is 5.99. The topological polar surface area (TPSA) is 90.7 Å².